The highest BCUT2D eigenvalue weighted by atomic mass is 16.5. The largest absolute Gasteiger partial charge is 0.357 e. The van der Waals surface area contributed by atoms with Crippen LogP contribution in [0.1, 0.15) is 40.0 Å². The summed E-state index contributed by atoms with van der Waals surface area (Å²) in [6.45, 7) is 17.6. The molecule has 2 aliphatic heterocycles. The lowest BCUT2D eigenvalue weighted by Crippen LogP contribution is -2.63. The van der Waals surface area contributed by atoms with Crippen molar-refractivity contribution in [2.75, 3.05) is 32.7 Å². The van der Waals surface area contributed by atoms with Crippen LogP contribution in [0.15, 0.2) is 36.5 Å². The predicted octanol–water partition coefficient (Wildman–Crippen LogP) is 3.06. The van der Waals surface area contributed by atoms with Crippen LogP contribution in [0.5, 0.6) is 0 Å². The summed E-state index contributed by atoms with van der Waals surface area (Å²) >= 11 is 0. The second kappa shape index (κ2) is 8.20. The third-order valence-corrected chi connectivity index (χ3v) is 5.22. The fourth-order valence-corrected chi connectivity index (χ4v) is 3.91. The second-order valence-corrected chi connectivity index (χ2v) is 7.87. The fraction of sp³-hybridized carbons (Fsp3) is 0.619. The molecule has 26 heavy (non-hydrogen) atoms. The van der Waals surface area contributed by atoms with E-state index in [0.29, 0.717) is 12.1 Å². The summed E-state index contributed by atoms with van der Waals surface area (Å²) in [5, 5.41) is 8.77. The van der Waals surface area contributed by atoms with Crippen LogP contribution in [0.3, 0.4) is 0 Å². The minimum Gasteiger partial charge on any atom is -0.357 e. The smallest absolute Gasteiger partial charge is 0.254 e. The van der Waals surface area contributed by atoms with Gasteiger partial charge in [0.05, 0.1) is 11.7 Å². The van der Waals surface area contributed by atoms with Gasteiger partial charge in [0, 0.05) is 31.8 Å². The number of rotatable bonds is 5. The number of likely N-dealkylation sites (tertiary alicyclic amines) is 1. The van der Waals surface area contributed by atoms with Crippen LogP contribution in [0.25, 0.3) is 0 Å². The summed E-state index contributed by atoms with van der Waals surface area (Å²) in [7, 11) is 0. The highest BCUT2D eigenvalue weighted by Crippen LogP contribution is 2.37. The zero-order valence-corrected chi connectivity index (χ0v) is 16.4. The Hall–Kier alpha value is -1.90. The van der Waals surface area contributed by atoms with Crippen molar-refractivity contribution in [3.63, 3.8) is 0 Å². The molecular weight excluding hydrogens is 326 g/mol. The van der Waals surface area contributed by atoms with Crippen molar-refractivity contribution in [3.05, 3.63) is 36.5 Å². The maximum Gasteiger partial charge on any atom is 0.254 e. The van der Waals surface area contributed by atoms with Crippen LogP contribution < -0.4 is 0 Å². The highest BCUT2D eigenvalue weighted by molar-refractivity contribution is 5.85. The zero-order valence-electron chi connectivity index (χ0n) is 16.4. The molecule has 142 valence electrons. The van der Waals surface area contributed by atoms with E-state index in [4.69, 9.17) is 10.00 Å². The molecule has 0 aliphatic carbocycles. The van der Waals surface area contributed by atoms with E-state index in [2.05, 4.69) is 18.1 Å². The first-order valence-corrected chi connectivity index (χ1v) is 9.38. The van der Waals surface area contributed by atoms with Crippen molar-refractivity contribution in [2.45, 2.75) is 51.2 Å². The Morgan fingerprint density at radius 3 is 2.69 bits per heavy atom. The molecule has 2 aliphatic rings. The molecule has 0 bridgehead atoms. The van der Waals surface area contributed by atoms with E-state index in [9.17, 15) is 4.79 Å². The third-order valence-electron chi connectivity index (χ3n) is 5.22. The summed E-state index contributed by atoms with van der Waals surface area (Å²) in [6.07, 6.45) is 6.47. The number of ether oxygens (including phenoxy) is 1. The number of hydrogen-bond donors (Lipinski definition) is 0. The third kappa shape index (κ3) is 4.84. The quantitative estimate of drug-likeness (QED) is 0.560. The molecule has 1 amide bonds. The van der Waals surface area contributed by atoms with Crippen molar-refractivity contribution >= 4 is 5.91 Å². The molecule has 1 spiro atoms. The monoisotopic (exact) mass is 357 g/mol. The Morgan fingerprint density at radius 2 is 2.04 bits per heavy atom. The van der Waals surface area contributed by atoms with Gasteiger partial charge in [-0.25, -0.2) is 0 Å². The lowest BCUT2D eigenvalue weighted by molar-refractivity contribution is -0.208. The van der Waals surface area contributed by atoms with Gasteiger partial charge in [-0.3, -0.25) is 9.69 Å². The number of hydrogen-bond acceptors (Lipinski definition) is 4. The number of likely N-dealkylation sites (N-methyl/N-ethyl adjacent to an activating group) is 1. The van der Waals surface area contributed by atoms with Crippen molar-refractivity contribution in [1.29, 1.82) is 5.26 Å². The molecule has 5 heteroatoms. The van der Waals surface area contributed by atoms with Crippen LogP contribution in [-0.4, -0.2) is 59.6 Å². The molecule has 5 nitrogen and oxygen atoms in total. The number of amides is 1. The van der Waals surface area contributed by atoms with Crippen LogP contribution in [0.4, 0.5) is 0 Å². The molecule has 1 atom stereocenters. The van der Waals surface area contributed by atoms with Crippen molar-refractivity contribution in [3.8, 4) is 6.07 Å². The minimum absolute atomic E-state index is 0.0861. The summed E-state index contributed by atoms with van der Waals surface area (Å²) < 4.78 is 6.37. The topological polar surface area (TPSA) is 56.6 Å². The van der Waals surface area contributed by atoms with Crippen molar-refractivity contribution in [2.24, 2.45) is 0 Å². The van der Waals surface area contributed by atoms with Gasteiger partial charge in [0.25, 0.3) is 5.91 Å². The number of allylic oxidation sites excluding steroid dienone is 2. The highest BCUT2D eigenvalue weighted by Gasteiger charge is 2.49. The standard InChI is InChI=1S/C21H31N3O2/c1-6-24-16-21(26-20(4,5)19(24)25)10-7-12-23(13-11-21)15-18(3)9-8-17(2)14-22/h8-9H,2-3,6-7,10-13,15-16H2,1,4-5H3/b9-8-. The van der Waals surface area contributed by atoms with E-state index in [1.807, 2.05) is 37.8 Å². The van der Waals surface area contributed by atoms with Crippen LogP contribution >= 0.6 is 0 Å². The first-order chi connectivity index (χ1) is 12.2. The fourth-order valence-electron chi connectivity index (χ4n) is 3.91. The van der Waals surface area contributed by atoms with Gasteiger partial charge in [0.15, 0.2) is 0 Å². The van der Waals surface area contributed by atoms with Gasteiger partial charge in [-0.05, 0) is 58.2 Å². The number of nitriles is 1. The summed E-state index contributed by atoms with van der Waals surface area (Å²) in [5.41, 5.74) is 0.387. The van der Waals surface area contributed by atoms with Crippen molar-refractivity contribution in [1.82, 2.24) is 9.80 Å². The molecule has 2 saturated heterocycles. The van der Waals surface area contributed by atoms with Crippen molar-refractivity contribution < 1.29 is 9.53 Å². The Bertz CT molecular complexity index is 644. The molecule has 0 radical (unpaired) electrons. The van der Waals surface area contributed by atoms with E-state index in [0.717, 1.165) is 51.0 Å². The van der Waals surface area contributed by atoms with E-state index < -0.39 is 5.60 Å². The lowest BCUT2D eigenvalue weighted by atomic mass is 9.88. The Balaban J connectivity index is 2.00. The number of nitrogens with zero attached hydrogens (tertiary/aromatic N) is 3. The maximum atomic E-state index is 12.5. The maximum absolute atomic E-state index is 12.5. The number of carbonyl (C=O) groups is 1. The van der Waals surface area contributed by atoms with Crippen LogP contribution in [-0.2, 0) is 9.53 Å². The Labute approximate surface area is 157 Å². The van der Waals surface area contributed by atoms with Crippen LogP contribution in [0, 0.1) is 11.3 Å². The van der Waals surface area contributed by atoms with E-state index in [-0.39, 0.29) is 11.5 Å². The van der Waals surface area contributed by atoms with E-state index in [1.54, 1.807) is 6.08 Å². The molecule has 2 heterocycles. The first-order valence-electron chi connectivity index (χ1n) is 9.38. The van der Waals surface area contributed by atoms with Gasteiger partial charge in [-0.15, -0.1) is 0 Å². The van der Waals surface area contributed by atoms with Gasteiger partial charge >= 0.3 is 0 Å². The number of carbonyl (C=O) groups excluding carboxylic acids is 1. The molecule has 2 rings (SSSR count). The SMILES string of the molecule is C=C(C#N)/C=C\C(=C)CN1CCCC2(CC1)CN(CC)C(=O)C(C)(C)O2. The Morgan fingerprint density at radius 1 is 1.31 bits per heavy atom. The van der Waals surface area contributed by atoms with Crippen LogP contribution in [0.2, 0.25) is 0 Å². The summed E-state index contributed by atoms with van der Waals surface area (Å²) in [5.74, 6) is 0.0861. The molecule has 1 unspecified atom stereocenters. The summed E-state index contributed by atoms with van der Waals surface area (Å²) in [6, 6.07) is 2.01. The molecule has 0 saturated carbocycles. The van der Waals surface area contributed by atoms with E-state index in [1.165, 1.54) is 0 Å². The van der Waals surface area contributed by atoms with Gasteiger partial charge in [-0.1, -0.05) is 19.2 Å². The molecule has 2 fully saturated rings. The molecule has 0 aromatic rings. The number of morpholine rings is 1. The molecule has 0 aromatic carbocycles. The Kier molecular flexibility index (Phi) is 6.44. The molecular formula is C21H31N3O2. The average Bonchev–Trinajstić information content (AvgIpc) is 2.78. The van der Waals surface area contributed by atoms with Gasteiger partial charge in [0.2, 0.25) is 0 Å². The lowest BCUT2D eigenvalue weighted by Gasteiger charge is -2.49. The second-order valence-electron chi connectivity index (χ2n) is 7.87. The molecule has 0 aromatic heterocycles. The van der Waals surface area contributed by atoms with Gasteiger partial charge in [0.1, 0.15) is 5.60 Å². The normalized spacial score (nSPS) is 26.7. The van der Waals surface area contributed by atoms with Gasteiger partial charge in [-0.2, -0.15) is 5.26 Å². The zero-order chi connectivity index (χ0) is 19.4. The van der Waals surface area contributed by atoms with Gasteiger partial charge < -0.3 is 9.64 Å². The predicted molar refractivity (Wildman–Crippen MR) is 103 cm³/mol. The average molecular weight is 357 g/mol. The summed E-state index contributed by atoms with van der Waals surface area (Å²) in [4.78, 5) is 16.8. The van der Waals surface area contributed by atoms with E-state index >= 15 is 0 Å². The molecule has 0 N–H and O–H groups in total. The minimum atomic E-state index is -0.757. The first kappa shape index (κ1) is 20.4.